The van der Waals surface area contributed by atoms with E-state index in [0.717, 1.165) is 19.3 Å². The molecule has 0 aromatic rings. The number of carbonyl (C=O) groups is 1. The van der Waals surface area contributed by atoms with E-state index in [0.29, 0.717) is 6.42 Å². The molecule has 1 saturated heterocycles. The van der Waals surface area contributed by atoms with Gasteiger partial charge in [-0.3, -0.25) is 4.79 Å². The van der Waals surface area contributed by atoms with Crippen molar-refractivity contribution in [2.75, 3.05) is 13.2 Å². The van der Waals surface area contributed by atoms with Crippen LogP contribution in [0.15, 0.2) is 0 Å². The quantitative estimate of drug-likeness (QED) is 0.452. The first-order valence-corrected chi connectivity index (χ1v) is 7.87. The molecule has 6 nitrogen and oxygen atoms in total. The molecule has 1 rings (SSSR count). The van der Waals surface area contributed by atoms with Crippen molar-refractivity contribution in [3.63, 3.8) is 0 Å². The number of hydrogen-bond acceptors (Lipinski definition) is 6. The third-order valence-corrected chi connectivity index (χ3v) is 3.71. The van der Waals surface area contributed by atoms with E-state index in [-0.39, 0.29) is 13.2 Å². The molecule has 0 saturated carbocycles. The molecule has 0 spiro atoms. The van der Waals surface area contributed by atoms with Crippen molar-refractivity contribution in [1.29, 1.82) is 0 Å². The van der Waals surface area contributed by atoms with Gasteiger partial charge in [0.2, 0.25) is 0 Å². The first-order valence-electron chi connectivity index (χ1n) is 7.87. The Kier molecular flexibility index (Phi) is 8.84. The van der Waals surface area contributed by atoms with Gasteiger partial charge in [0.15, 0.2) is 6.10 Å². The van der Waals surface area contributed by atoms with Crippen molar-refractivity contribution in [3.8, 4) is 0 Å². The summed E-state index contributed by atoms with van der Waals surface area (Å²) in [7, 11) is 0. The van der Waals surface area contributed by atoms with Crippen LogP contribution in [-0.4, -0.2) is 58.9 Å². The van der Waals surface area contributed by atoms with E-state index in [9.17, 15) is 20.1 Å². The molecule has 0 amide bonds. The average Bonchev–Trinajstić information content (AvgIpc) is 2.58. The van der Waals surface area contributed by atoms with Gasteiger partial charge in [-0.05, 0) is 6.42 Å². The maximum absolute atomic E-state index is 11.7. The Labute approximate surface area is 126 Å². The summed E-state index contributed by atoms with van der Waals surface area (Å²) < 4.78 is 10.2. The van der Waals surface area contributed by atoms with Gasteiger partial charge in [0.25, 0.3) is 0 Å². The highest BCUT2D eigenvalue weighted by molar-refractivity contribution is 5.69. The number of carbonyl (C=O) groups excluding carboxylic acids is 1. The molecule has 1 fully saturated rings. The Hall–Kier alpha value is -0.690. The van der Waals surface area contributed by atoms with Crippen LogP contribution in [0.25, 0.3) is 0 Å². The number of ether oxygens (including phenoxy) is 2. The highest BCUT2D eigenvalue weighted by Crippen LogP contribution is 2.15. The largest absolute Gasteiger partial charge is 0.457 e. The minimum absolute atomic E-state index is 0.0163. The minimum Gasteiger partial charge on any atom is -0.457 e. The van der Waals surface area contributed by atoms with Crippen molar-refractivity contribution in [2.45, 2.75) is 76.3 Å². The van der Waals surface area contributed by atoms with Gasteiger partial charge in [0.05, 0.1) is 13.2 Å². The highest BCUT2D eigenvalue weighted by Gasteiger charge is 2.36. The zero-order valence-corrected chi connectivity index (χ0v) is 12.7. The molecule has 0 bridgehead atoms. The van der Waals surface area contributed by atoms with Crippen LogP contribution in [-0.2, 0) is 14.3 Å². The number of unbranched alkanes of at least 4 members (excludes halogenated alkanes) is 5. The van der Waals surface area contributed by atoms with E-state index < -0.39 is 30.4 Å². The van der Waals surface area contributed by atoms with Crippen molar-refractivity contribution >= 4 is 5.97 Å². The molecular weight excluding hydrogens is 276 g/mol. The van der Waals surface area contributed by atoms with Gasteiger partial charge >= 0.3 is 5.97 Å². The molecule has 1 heterocycles. The van der Waals surface area contributed by atoms with Crippen LogP contribution in [0.1, 0.15) is 51.9 Å². The van der Waals surface area contributed by atoms with Crippen LogP contribution in [0.2, 0.25) is 0 Å². The zero-order chi connectivity index (χ0) is 15.7. The molecule has 1 aliphatic rings. The number of aliphatic hydroxyl groups is 3. The fourth-order valence-electron chi connectivity index (χ4n) is 2.33. The summed E-state index contributed by atoms with van der Waals surface area (Å²) in [6.45, 7) is 2.06. The van der Waals surface area contributed by atoms with E-state index >= 15 is 0 Å². The van der Waals surface area contributed by atoms with Crippen LogP contribution < -0.4 is 0 Å². The SMILES string of the molecule is CCCCCCCCC(=O)O[C@@H]1COC[C@@H](O)[C@@H](O)[C@@H]1O. The van der Waals surface area contributed by atoms with Gasteiger partial charge in [-0.15, -0.1) is 0 Å². The summed E-state index contributed by atoms with van der Waals surface area (Å²) in [5, 5.41) is 28.9. The number of aliphatic hydroxyl groups excluding tert-OH is 3. The second-order valence-corrected chi connectivity index (χ2v) is 5.63. The smallest absolute Gasteiger partial charge is 0.306 e. The first kappa shape index (κ1) is 18.4. The van der Waals surface area contributed by atoms with Gasteiger partial charge in [0.1, 0.15) is 18.3 Å². The molecule has 0 radical (unpaired) electrons. The topological polar surface area (TPSA) is 96.2 Å². The molecule has 3 N–H and O–H groups in total. The van der Waals surface area contributed by atoms with Crippen LogP contribution in [0.4, 0.5) is 0 Å². The fraction of sp³-hybridized carbons (Fsp3) is 0.933. The zero-order valence-electron chi connectivity index (χ0n) is 12.7. The van der Waals surface area contributed by atoms with Gasteiger partial charge in [-0.2, -0.15) is 0 Å². The molecule has 4 atom stereocenters. The Morgan fingerprint density at radius 2 is 1.71 bits per heavy atom. The molecule has 0 aromatic carbocycles. The van der Waals surface area contributed by atoms with E-state index in [1.165, 1.54) is 19.3 Å². The summed E-state index contributed by atoms with van der Waals surface area (Å²) >= 11 is 0. The normalized spacial score (nSPS) is 29.9. The molecule has 6 heteroatoms. The van der Waals surface area contributed by atoms with Gasteiger partial charge in [0, 0.05) is 6.42 Å². The van der Waals surface area contributed by atoms with E-state index in [2.05, 4.69) is 6.92 Å². The second kappa shape index (κ2) is 10.1. The Balaban J connectivity index is 2.23. The summed E-state index contributed by atoms with van der Waals surface area (Å²) in [5.74, 6) is -0.401. The predicted molar refractivity (Wildman–Crippen MR) is 76.7 cm³/mol. The van der Waals surface area contributed by atoms with Crippen LogP contribution in [0, 0.1) is 0 Å². The molecule has 1 aliphatic heterocycles. The molecular formula is C15H28O6. The van der Waals surface area contributed by atoms with Crippen LogP contribution >= 0.6 is 0 Å². The number of rotatable bonds is 8. The van der Waals surface area contributed by atoms with E-state index in [1.807, 2.05) is 0 Å². The lowest BCUT2D eigenvalue weighted by atomic mass is 10.1. The Morgan fingerprint density at radius 1 is 1.05 bits per heavy atom. The molecule has 124 valence electrons. The maximum atomic E-state index is 11.7. The van der Waals surface area contributed by atoms with Crippen molar-refractivity contribution in [3.05, 3.63) is 0 Å². The van der Waals surface area contributed by atoms with Crippen molar-refractivity contribution < 1.29 is 29.6 Å². The van der Waals surface area contributed by atoms with Crippen LogP contribution in [0.5, 0.6) is 0 Å². The molecule has 0 unspecified atom stereocenters. The Bertz CT molecular complexity index is 296. The predicted octanol–water partition coefficient (Wildman–Crippen LogP) is 0.762. The van der Waals surface area contributed by atoms with E-state index in [4.69, 9.17) is 9.47 Å². The molecule has 0 aromatic heterocycles. The Morgan fingerprint density at radius 3 is 2.43 bits per heavy atom. The summed E-state index contributed by atoms with van der Waals surface area (Å²) in [4.78, 5) is 11.7. The lowest BCUT2D eigenvalue weighted by Crippen LogP contribution is -2.45. The number of esters is 1. The first-order chi connectivity index (χ1) is 10.1. The lowest BCUT2D eigenvalue weighted by Gasteiger charge is -2.24. The van der Waals surface area contributed by atoms with Gasteiger partial charge < -0.3 is 24.8 Å². The maximum Gasteiger partial charge on any atom is 0.306 e. The standard InChI is InChI=1S/C15H28O6/c1-2-3-4-5-6-7-8-13(17)21-12-10-20-9-11(16)14(18)15(12)19/h11-12,14-16,18-19H,2-10H2,1H3/t11-,12-,14-,15-/m1/s1. The lowest BCUT2D eigenvalue weighted by molar-refractivity contribution is -0.163. The van der Waals surface area contributed by atoms with Gasteiger partial charge in [-0.25, -0.2) is 0 Å². The number of hydrogen-bond donors (Lipinski definition) is 3. The monoisotopic (exact) mass is 304 g/mol. The van der Waals surface area contributed by atoms with Crippen LogP contribution in [0.3, 0.4) is 0 Å². The van der Waals surface area contributed by atoms with Gasteiger partial charge in [-0.1, -0.05) is 39.0 Å². The summed E-state index contributed by atoms with van der Waals surface area (Å²) in [5.41, 5.74) is 0. The van der Waals surface area contributed by atoms with E-state index in [1.54, 1.807) is 0 Å². The summed E-state index contributed by atoms with van der Waals surface area (Å²) in [6, 6.07) is 0. The molecule has 0 aliphatic carbocycles. The fourth-order valence-corrected chi connectivity index (χ4v) is 2.33. The third kappa shape index (κ3) is 6.74. The highest BCUT2D eigenvalue weighted by atomic mass is 16.6. The molecule has 21 heavy (non-hydrogen) atoms. The average molecular weight is 304 g/mol. The third-order valence-electron chi connectivity index (χ3n) is 3.71. The summed E-state index contributed by atoms with van der Waals surface area (Å²) in [6.07, 6.45) is 1.98. The second-order valence-electron chi connectivity index (χ2n) is 5.63. The minimum atomic E-state index is -1.36. The van der Waals surface area contributed by atoms with Crippen molar-refractivity contribution in [2.24, 2.45) is 0 Å². The van der Waals surface area contributed by atoms with Crippen molar-refractivity contribution in [1.82, 2.24) is 0 Å².